The third-order valence-corrected chi connectivity index (χ3v) is 4.47. The molecule has 2 aromatic rings. The molecule has 1 aromatic carbocycles. The van der Waals surface area contributed by atoms with Gasteiger partial charge in [-0.2, -0.15) is 0 Å². The number of thiophene rings is 1. The predicted octanol–water partition coefficient (Wildman–Crippen LogP) is 1.36. The van der Waals surface area contributed by atoms with Gasteiger partial charge in [0.2, 0.25) is 10.0 Å². The van der Waals surface area contributed by atoms with Gasteiger partial charge in [0.25, 0.3) is 0 Å². The second-order valence-corrected chi connectivity index (χ2v) is 5.90. The largest absolute Gasteiger partial charge is 0.298 e. The number of carbonyl (C=O) groups is 1. The monoisotopic (exact) mass is 241 g/mol. The van der Waals surface area contributed by atoms with Crippen LogP contribution in [0.5, 0.6) is 0 Å². The number of sulfonamides is 1. The Morgan fingerprint density at radius 2 is 2.00 bits per heavy atom. The molecule has 1 aromatic heterocycles. The number of primary sulfonamides is 1. The quantitative estimate of drug-likeness (QED) is 0.806. The maximum absolute atomic E-state index is 11.1. The average Bonchev–Trinajstić information content (AvgIpc) is 2.59. The van der Waals surface area contributed by atoms with Crippen LogP contribution in [0.15, 0.2) is 28.5 Å². The maximum atomic E-state index is 11.1. The van der Waals surface area contributed by atoms with E-state index in [1.807, 2.05) is 0 Å². The van der Waals surface area contributed by atoms with Gasteiger partial charge in [-0.05, 0) is 23.6 Å². The normalized spacial score (nSPS) is 11.8. The summed E-state index contributed by atoms with van der Waals surface area (Å²) >= 11 is 1.09. The second kappa shape index (κ2) is 3.41. The van der Waals surface area contributed by atoms with Gasteiger partial charge in [-0.3, -0.25) is 4.79 Å². The van der Waals surface area contributed by atoms with E-state index >= 15 is 0 Å². The Morgan fingerprint density at radius 1 is 1.27 bits per heavy atom. The summed E-state index contributed by atoms with van der Waals surface area (Å²) in [5.41, 5.74) is 0.515. The van der Waals surface area contributed by atoms with Crippen LogP contribution in [0, 0.1) is 0 Å². The topological polar surface area (TPSA) is 77.2 Å². The van der Waals surface area contributed by atoms with Crippen LogP contribution in [0.1, 0.15) is 10.4 Å². The predicted molar refractivity (Wildman–Crippen MR) is 58.6 cm³/mol. The van der Waals surface area contributed by atoms with Crippen molar-refractivity contribution in [2.45, 2.75) is 4.21 Å². The van der Waals surface area contributed by atoms with Crippen LogP contribution >= 0.6 is 11.3 Å². The van der Waals surface area contributed by atoms with E-state index in [0.29, 0.717) is 17.2 Å². The van der Waals surface area contributed by atoms with E-state index in [-0.39, 0.29) is 4.21 Å². The number of rotatable bonds is 2. The maximum Gasteiger partial charge on any atom is 0.247 e. The molecule has 0 atom stereocenters. The van der Waals surface area contributed by atoms with Gasteiger partial charge < -0.3 is 0 Å². The van der Waals surface area contributed by atoms with Crippen molar-refractivity contribution in [3.05, 3.63) is 29.8 Å². The molecule has 6 heteroatoms. The molecular weight excluding hydrogens is 234 g/mol. The number of hydrogen-bond acceptors (Lipinski definition) is 4. The lowest BCUT2D eigenvalue weighted by Crippen LogP contribution is -2.09. The van der Waals surface area contributed by atoms with Gasteiger partial charge in [-0.25, -0.2) is 13.6 Å². The van der Waals surface area contributed by atoms with Gasteiger partial charge in [0, 0.05) is 10.3 Å². The molecule has 78 valence electrons. The lowest BCUT2D eigenvalue weighted by atomic mass is 10.2. The molecule has 0 saturated heterocycles. The fraction of sp³-hybridized carbons (Fsp3) is 0. The molecule has 0 aliphatic carbocycles. The minimum Gasteiger partial charge on any atom is -0.298 e. The molecule has 1 heterocycles. The van der Waals surface area contributed by atoms with Crippen LogP contribution in [0.3, 0.4) is 0 Å². The summed E-state index contributed by atoms with van der Waals surface area (Å²) < 4.78 is 23.1. The lowest BCUT2D eigenvalue weighted by molar-refractivity contribution is 0.112. The van der Waals surface area contributed by atoms with E-state index in [9.17, 15) is 13.2 Å². The highest BCUT2D eigenvalue weighted by molar-refractivity contribution is 7.91. The second-order valence-electron chi connectivity index (χ2n) is 3.03. The third kappa shape index (κ3) is 1.92. The van der Waals surface area contributed by atoms with Gasteiger partial charge in [-0.15, -0.1) is 11.3 Å². The van der Waals surface area contributed by atoms with Crippen LogP contribution < -0.4 is 5.14 Å². The molecule has 0 spiro atoms. The summed E-state index contributed by atoms with van der Waals surface area (Å²) in [5.74, 6) is 0. The first kappa shape index (κ1) is 10.3. The lowest BCUT2D eigenvalue weighted by Gasteiger charge is -1.89. The smallest absolute Gasteiger partial charge is 0.247 e. The van der Waals surface area contributed by atoms with E-state index in [2.05, 4.69) is 0 Å². The highest BCUT2D eigenvalue weighted by Crippen LogP contribution is 2.28. The fourth-order valence-electron chi connectivity index (χ4n) is 1.25. The Hall–Kier alpha value is -1.24. The standard InChI is InChI=1S/C9H7NO3S2/c10-15(12,13)9-4-7-3-6(5-11)1-2-8(7)14-9/h1-5H,(H2,10,12,13). The third-order valence-electron chi connectivity index (χ3n) is 1.93. The van der Waals surface area contributed by atoms with Gasteiger partial charge in [0.05, 0.1) is 0 Å². The highest BCUT2D eigenvalue weighted by atomic mass is 32.2. The molecule has 0 radical (unpaired) electrons. The summed E-state index contributed by atoms with van der Waals surface area (Å²) in [7, 11) is -3.65. The number of fused-ring (bicyclic) bond motifs is 1. The summed E-state index contributed by atoms with van der Waals surface area (Å²) in [4.78, 5) is 10.5. The number of carbonyl (C=O) groups excluding carboxylic acids is 1. The van der Waals surface area contributed by atoms with Crippen molar-refractivity contribution >= 4 is 37.7 Å². The number of hydrogen-bond donors (Lipinski definition) is 1. The molecule has 0 aliphatic rings. The number of nitrogens with two attached hydrogens (primary N) is 1. The van der Waals surface area contributed by atoms with Crippen LogP contribution in [0.2, 0.25) is 0 Å². The minimum absolute atomic E-state index is 0.112. The first-order valence-corrected chi connectivity index (χ1v) is 6.38. The Balaban J connectivity index is 2.71. The van der Waals surface area contributed by atoms with Gasteiger partial charge in [0.1, 0.15) is 10.5 Å². The molecule has 0 unspecified atom stereocenters. The molecule has 0 amide bonds. The molecule has 0 fully saturated rings. The molecular formula is C9H7NO3S2. The van der Waals surface area contributed by atoms with Crippen LogP contribution in [0.4, 0.5) is 0 Å². The van der Waals surface area contributed by atoms with Crippen molar-refractivity contribution in [2.24, 2.45) is 5.14 Å². The Kier molecular flexibility index (Phi) is 2.34. The average molecular weight is 241 g/mol. The molecule has 0 aliphatic heterocycles. The Morgan fingerprint density at radius 3 is 2.60 bits per heavy atom. The summed E-state index contributed by atoms with van der Waals surface area (Å²) in [6.07, 6.45) is 0.716. The van der Waals surface area contributed by atoms with Crippen molar-refractivity contribution in [2.75, 3.05) is 0 Å². The molecule has 0 saturated carbocycles. The van der Waals surface area contributed by atoms with Gasteiger partial charge in [-0.1, -0.05) is 6.07 Å². The molecule has 15 heavy (non-hydrogen) atoms. The minimum atomic E-state index is -3.65. The van der Waals surface area contributed by atoms with Crippen LogP contribution in [-0.2, 0) is 10.0 Å². The van der Waals surface area contributed by atoms with Crippen molar-refractivity contribution < 1.29 is 13.2 Å². The molecule has 0 bridgehead atoms. The van der Waals surface area contributed by atoms with E-state index in [1.165, 1.54) is 6.07 Å². The Bertz CT molecular complexity index is 628. The highest BCUT2D eigenvalue weighted by Gasteiger charge is 2.12. The van der Waals surface area contributed by atoms with Gasteiger partial charge in [0.15, 0.2) is 0 Å². The SMILES string of the molecule is NS(=O)(=O)c1cc2cc(C=O)ccc2s1. The van der Waals surface area contributed by atoms with E-state index in [4.69, 9.17) is 5.14 Å². The van der Waals surface area contributed by atoms with Crippen LogP contribution in [-0.4, -0.2) is 14.7 Å². The summed E-state index contributed by atoms with van der Waals surface area (Å²) in [6.45, 7) is 0. The summed E-state index contributed by atoms with van der Waals surface area (Å²) in [6, 6.07) is 6.45. The number of aldehydes is 1. The van der Waals surface area contributed by atoms with Crippen molar-refractivity contribution in [1.82, 2.24) is 0 Å². The first-order valence-electron chi connectivity index (χ1n) is 4.02. The first-order chi connectivity index (χ1) is 7.00. The molecule has 4 nitrogen and oxygen atoms in total. The zero-order valence-corrected chi connectivity index (χ0v) is 9.14. The Labute approximate surface area is 90.4 Å². The summed E-state index contributed by atoms with van der Waals surface area (Å²) in [5, 5.41) is 5.72. The van der Waals surface area contributed by atoms with Gasteiger partial charge >= 0.3 is 0 Å². The zero-order valence-electron chi connectivity index (χ0n) is 7.51. The van der Waals surface area contributed by atoms with Crippen molar-refractivity contribution in [3.63, 3.8) is 0 Å². The molecule has 2 rings (SSSR count). The van der Waals surface area contributed by atoms with Crippen molar-refractivity contribution in [3.8, 4) is 0 Å². The van der Waals surface area contributed by atoms with E-state index < -0.39 is 10.0 Å². The molecule has 2 N–H and O–H groups in total. The zero-order chi connectivity index (χ0) is 11.1. The van der Waals surface area contributed by atoms with Crippen LogP contribution in [0.25, 0.3) is 10.1 Å². The van der Waals surface area contributed by atoms with Crippen molar-refractivity contribution in [1.29, 1.82) is 0 Å². The van der Waals surface area contributed by atoms with E-state index in [0.717, 1.165) is 16.0 Å². The number of benzene rings is 1. The fourth-order valence-corrected chi connectivity index (χ4v) is 3.05. The van der Waals surface area contributed by atoms with E-state index in [1.54, 1.807) is 18.2 Å².